The second-order valence-electron chi connectivity index (χ2n) is 9.86. The zero-order valence-corrected chi connectivity index (χ0v) is 19.5. The van der Waals surface area contributed by atoms with Gasteiger partial charge in [0.1, 0.15) is 11.6 Å². The number of carbonyl (C=O) groups excluding carboxylic acids is 1. The van der Waals surface area contributed by atoms with Gasteiger partial charge in [0.05, 0.1) is 35.4 Å². The number of aromatic nitrogens is 2. The molecule has 2 saturated heterocycles. The van der Waals surface area contributed by atoms with Crippen LogP contribution in [0, 0.1) is 5.82 Å². The highest BCUT2D eigenvalue weighted by Crippen LogP contribution is 2.32. The Morgan fingerprint density at radius 3 is 2.71 bits per heavy atom. The highest BCUT2D eigenvalue weighted by Gasteiger charge is 2.39. The van der Waals surface area contributed by atoms with Crippen molar-refractivity contribution in [3.8, 4) is 0 Å². The highest BCUT2D eigenvalue weighted by molar-refractivity contribution is 6.00. The monoisotopic (exact) mass is 472 g/mol. The topological polar surface area (TPSA) is 87.3 Å². The van der Waals surface area contributed by atoms with Crippen molar-refractivity contribution in [2.24, 2.45) is 0 Å². The van der Waals surface area contributed by atoms with Crippen molar-refractivity contribution in [3.05, 3.63) is 81.9 Å². The number of H-pyrrole nitrogens is 1. The summed E-state index contributed by atoms with van der Waals surface area (Å²) in [5, 5.41) is 3.60. The van der Waals surface area contributed by atoms with E-state index in [2.05, 4.69) is 20.2 Å². The number of morpholine rings is 1. The van der Waals surface area contributed by atoms with E-state index in [4.69, 9.17) is 4.74 Å². The summed E-state index contributed by atoms with van der Waals surface area (Å²) >= 11 is 0. The van der Waals surface area contributed by atoms with E-state index in [1.165, 1.54) is 6.07 Å². The molecular formula is C27H25FN4O3. The van der Waals surface area contributed by atoms with E-state index < -0.39 is 17.3 Å². The van der Waals surface area contributed by atoms with Crippen LogP contribution in [0.1, 0.15) is 36.2 Å². The van der Waals surface area contributed by atoms with Gasteiger partial charge in [-0.3, -0.25) is 9.59 Å². The molecule has 2 aliphatic rings. The summed E-state index contributed by atoms with van der Waals surface area (Å²) in [5.41, 5.74) is 0.642. The van der Waals surface area contributed by atoms with Gasteiger partial charge in [0.15, 0.2) is 5.43 Å². The number of hydrogen-bond acceptors (Lipinski definition) is 5. The number of nitrogens with zero attached hydrogens (tertiary/aromatic N) is 2. The van der Waals surface area contributed by atoms with E-state index in [1.807, 2.05) is 32.0 Å². The lowest BCUT2D eigenvalue weighted by atomic mass is 9.95. The molecule has 2 fully saturated rings. The molecular weight excluding hydrogens is 447 g/mol. The predicted octanol–water partition coefficient (Wildman–Crippen LogP) is 3.86. The van der Waals surface area contributed by atoms with Gasteiger partial charge in [0, 0.05) is 29.0 Å². The van der Waals surface area contributed by atoms with Crippen LogP contribution in [0.15, 0.2) is 59.5 Å². The third kappa shape index (κ3) is 3.65. The minimum Gasteiger partial charge on any atom is -0.374 e. The van der Waals surface area contributed by atoms with Gasteiger partial charge in [-0.1, -0.05) is 18.2 Å². The maximum Gasteiger partial charge on any atom is 0.255 e. The first-order chi connectivity index (χ1) is 16.8. The third-order valence-corrected chi connectivity index (χ3v) is 7.13. The average molecular weight is 473 g/mol. The van der Waals surface area contributed by atoms with Gasteiger partial charge in [0.2, 0.25) is 0 Å². The maximum atomic E-state index is 15.0. The normalized spacial score (nSPS) is 19.6. The molecule has 0 spiro atoms. The Morgan fingerprint density at radius 2 is 2.00 bits per heavy atom. The first-order valence-electron chi connectivity index (χ1n) is 11.7. The molecule has 6 rings (SSSR count). The molecule has 2 aromatic carbocycles. The second kappa shape index (κ2) is 7.88. The number of aromatic amines is 1. The van der Waals surface area contributed by atoms with Crippen LogP contribution in [-0.4, -0.2) is 41.2 Å². The van der Waals surface area contributed by atoms with Crippen LogP contribution in [0.3, 0.4) is 0 Å². The first kappa shape index (κ1) is 21.7. The molecule has 2 bridgehead atoms. The van der Waals surface area contributed by atoms with Gasteiger partial charge < -0.3 is 19.9 Å². The zero-order valence-electron chi connectivity index (χ0n) is 19.5. The number of amides is 1. The molecule has 0 saturated carbocycles. The number of fused-ring (bicyclic) bond motifs is 4. The molecule has 4 heterocycles. The van der Waals surface area contributed by atoms with E-state index in [9.17, 15) is 14.0 Å². The lowest BCUT2D eigenvalue weighted by Crippen LogP contribution is -2.41. The Labute approximate surface area is 200 Å². The number of anilines is 1. The Bertz CT molecular complexity index is 1530. The molecule has 4 aromatic rings. The molecule has 2 atom stereocenters. The van der Waals surface area contributed by atoms with Crippen molar-refractivity contribution < 1.29 is 13.9 Å². The minimum absolute atomic E-state index is 0.130. The van der Waals surface area contributed by atoms with E-state index in [0.29, 0.717) is 22.5 Å². The summed E-state index contributed by atoms with van der Waals surface area (Å²) in [6.07, 6.45) is 3.06. The van der Waals surface area contributed by atoms with Crippen LogP contribution in [0.5, 0.6) is 0 Å². The fourth-order valence-electron chi connectivity index (χ4n) is 5.15. The molecule has 8 heteroatoms. The second-order valence-corrected chi connectivity index (χ2v) is 9.86. The largest absolute Gasteiger partial charge is 0.374 e. The lowest BCUT2D eigenvalue weighted by molar-refractivity contribution is 0.0907. The van der Waals surface area contributed by atoms with Gasteiger partial charge in [0.25, 0.3) is 5.91 Å². The van der Waals surface area contributed by atoms with E-state index in [0.717, 1.165) is 37.0 Å². The van der Waals surface area contributed by atoms with Gasteiger partial charge in [-0.25, -0.2) is 9.37 Å². The summed E-state index contributed by atoms with van der Waals surface area (Å²) < 4.78 is 20.6. The summed E-state index contributed by atoms with van der Waals surface area (Å²) in [7, 11) is 0. The van der Waals surface area contributed by atoms with Crippen LogP contribution < -0.4 is 15.6 Å². The number of carbonyl (C=O) groups is 1. The molecule has 0 radical (unpaired) electrons. The Hall–Kier alpha value is -3.78. The number of hydrogen-bond donors (Lipinski definition) is 2. The first-order valence-corrected chi connectivity index (χ1v) is 11.7. The quantitative estimate of drug-likeness (QED) is 0.441. The molecule has 1 amide bonds. The predicted molar refractivity (Wildman–Crippen MR) is 132 cm³/mol. The number of para-hydroxylation sites is 1. The van der Waals surface area contributed by atoms with E-state index in [-0.39, 0.29) is 22.5 Å². The number of pyridine rings is 2. The molecule has 2 N–H and O–H groups in total. The van der Waals surface area contributed by atoms with Crippen molar-refractivity contribution in [1.29, 1.82) is 0 Å². The van der Waals surface area contributed by atoms with Crippen molar-refractivity contribution in [2.75, 3.05) is 18.1 Å². The summed E-state index contributed by atoms with van der Waals surface area (Å²) in [6, 6.07) is 13.8. The van der Waals surface area contributed by atoms with Crippen LogP contribution in [0.4, 0.5) is 10.2 Å². The third-order valence-electron chi connectivity index (χ3n) is 7.13. The smallest absolute Gasteiger partial charge is 0.255 e. The van der Waals surface area contributed by atoms with Crippen LogP contribution >= 0.6 is 0 Å². The van der Waals surface area contributed by atoms with Gasteiger partial charge >= 0.3 is 0 Å². The van der Waals surface area contributed by atoms with Crippen molar-refractivity contribution in [2.45, 2.75) is 38.0 Å². The number of rotatable bonds is 4. The van der Waals surface area contributed by atoms with Crippen LogP contribution in [0.25, 0.3) is 21.8 Å². The SMILES string of the molecule is CC(C)(NC(=O)c1cc2[nH]c3ccccc3c(=O)c2cc1F)c1ccc(N2CC3CC2CO3)nc1. The molecule has 35 heavy (non-hydrogen) atoms. The summed E-state index contributed by atoms with van der Waals surface area (Å²) in [5.74, 6) is -0.420. The average Bonchev–Trinajstić information content (AvgIpc) is 3.48. The molecule has 178 valence electrons. The Morgan fingerprint density at radius 1 is 1.17 bits per heavy atom. The summed E-state index contributed by atoms with van der Waals surface area (Å²) in [6.45, 7) is 5.27. The maximum absolute atomic E-state index is 15.0. The molecule has 0 aliphatic carbocycles. The Kier molecular flexibility index (Phi) is 4.89. The zero-order chi connectivity index (χ0) is 24.3. The van der Waals surface area contributed by atoms with Crippen molar-refractivity contribution in [3.63, 3.8) is 0 Å². The highest BCUT2D eigenvalue weighted by atomic mass is 19.1. The molecule has 2 aromatic heterocycles. The van der Waals surface area contributed by atoms with E-state index >= 15 is 0 Å². The van der Waals surface area contributed by atoms with Gasteiger partial charge in [-0.05, 0) is 56.2 Å². The number of halogens is 1. The van der Waals surface area contributed by atoms with E-state index in [1.54, 1.807) is 24.4 Å². The van der Waals surface area contributed by atoms with Crippen LogP contribution in [0.2, 0.25) is 0 Å². The number of nitrogens with one attached hydrogen (secondary N) is 2. The fraction of sp³-hybridized carbons (Fsp3) is 0.296. The standard InChI is InChI=1S/C27H25FN4O3/c1-27(2,15-7-8-24(29-12-15)32-13-17-9-16(32)14-35-17)31-26(34)19-11-23-20(10-21(19)28)25(33)18-5-3-4-6-22(18)30-23/h3-8,10-12,16-17H,9,13-14H2,1-2H3,(H,30,33)(H,31,34). The number of benzene rings is 2. The lowest BCUT2D eigenvalue weighted by Gasteiger charge is -2.30. The summed E-state index contributed by atoms with van der Waals surface area (Å²) in [4.78, 5) is 36.0. The van der Waals surface area contributed by atoms with Crippen LogP contribution in [-0.2, 0) is 10.3 Å². The van der Waals surface area contributed by atoms with Gasteiger partial charge in [-0.2, -0.15) is 0 Å². The van der Waals surface area contributed by atoms with Crippen molar-refractivity contribution >= 4 is 33.5 Å². The molecule has 2 unspecified atom stereocenters. The number of ether oxygens (including phenoxy) is 1. The fourth-order valence-corrected chi connectivity index (χ4v) is 5.15. The van der Waals surface area contributed by atoms with Crippen molar-refractivity contribution in [1.82, 2.24) is 15.3 Å². The molecule has 7 nitrogen and oxygen atoms in total. The molecule has 2 aliphatic heterocycles. The van der Waals surface area contributed by atoms with Gasteiger partial charge in [-0.15, -0.1) is 0 Å². The minimum atomic E-state index is -0.798. The Balaban J connectivity index is 1.27.